The van der Waals surface area contributed by atoms with E-state index in [1.165, 1.54) is 22.1 Å². The van der Waals surface area contributed by atoms with Gasteiger partial charge in [0.05, 0.1) is 0 Å². The third-order valence-electron chi connectivity index (χ3n) is 3.31. The van der Waals surface area contributed by atoms with Gasteiger partial charge in [-0.1, -0.05) is 42.1 Å². The van der Waals surface area contributed by atoms with Crippen molar-refractivity contribution in [3.8, 4) is 0 Å². The van der Waals surface area contributed by atoms with Crippen LogP contribution in [0.2, 0.25) is 6.82 Å². The number of hydrogen-bond acceptors (Lipinski definition) is 0. The molecule has 3 rings (SSSR count). The van der Waals surface area contributed by atoms with Gasteiger partial charge in [0.1, 0.15) is 0 Å². The van der Waals surface area contributed by atoms with Crippen LogP contribution < -0.4 is 10.9 Å². The van der Waals surface area contributed by atoms with Crippen LogP contribution in [0.25, 0.3) is 0 Å². The molecule has 2 aromatic rings. The van der Waals surface area contributed by atoms with E-state index in [4.69, 9.17) is 25.5 Å². The summed E-state index contributed by atoms with van der Waals surface area (Å²) in [4.78, 5) is 0. The second kappa shape index (κ2) is 7.32. The molecule has 0 amide bonds. The molecule has 0 aromatic heterocycles. The summed E-state index contributed by atoms with van der Waals surface area (Å²) in [6, 6.07) is 18.4. The Labute approximate surface area is 133 Å². The van der Waals surface area contributed by atoms with Crippen molar-refractivity contribution in [2.45, 2.75) is 13.2 Å². The number of rotatable bonds is 0. The van der Waals surface area contributed by atoms with E-state index in [-0.39, 0.29) is 0 Å². The van der Waals surface area contributed by atoms with E-state index in [1.54, 1.807) is 0 Å². The van der Waals surface area contributed by atoms with E-state index in [0.717, 1.165) is 6.42 Å². The Morgan fingerprint density at radius 1 is 1.05 bits per heavy atom. The van der Waals surface area contributed by atoms with Crippen LogP contribution in [0.3, 0.4) is 0 Å². The van der Waals surface area contributed by atoms with Crippen molar-refractivity contribution in [1.29, 1.82) is 0 Å². The Hall–Kier alpha value is 0.258. The molecule has 2 aromatic carbocycles. The van der Waals surface area contributed by atoms with Crippen LogP contribution in [-0.2, 0) is 24.6 Å². The zero-order chi connectivity index (χ0) is 13.8. The summed E-state index contributed by atoms with van der Waals surface area (Å²) < 4.78 is 0. The Bertz CT molecular complexity index is 512. The SMILES string of the molecule is CB1c2[c-]cccc2Cc2ccccc21.[Cl][Zr]([Cl])[Cl]. The van der Waals surface area contributed by atoms with Gasteiger partial charge in [-0.05, 0) is 6.42 Å². The van der Waals surface area contributed by atoms with Crippen LogP contribution in [0.1, 0.15) is 11.1 Å². The summed E-state index contributed by atoms with van der Waals surface area (Å²) in [6.45, 7) is 2.76. The fourth-order valence-electron chi connectivity index (χ4n) is 2.52. The van der Waals surface area contributed by atoms with Crippen LogP contribution in [0.5, 0.6) is 0 Å². The van der Waals surface area contributed by atoms with Gasteiger partial charge < -0.3 is 0 Å². The molecule has 0 saturated carbocycles. The molecule has 0 saturated heterocycles. The predicted molar refractivity (Wildman–Crippen MR) is 83.0 cm³/mol. The molecule has 1 heterocycles. The van der Waals surface area contributed by atoms with Crippen molar-refractivity contribution < 1.29 is 18.2 Å². The minimum atomic E-state index is -2.13. The van der Waals surface area contributed by atoms with Crippen LogP contribution in [0.15, 0.2) is 42.5 Å². The van der Waals surface area contributed by atoms with E-state index >= 15 is 0 Å². The molecule has 0 spiro atoms. The Balaban J connectivity index is 0.000000297. The van der Waals surface area contributed by atoms with Gasteiger partial charge in [-0.15, -0.1) is 0 Å². The Kier molecular flexibility index (Phi) is 6.03. The first-order chi connectivity index (χ1) is 9.09. The average molecular weight is 389 g/mol. The van der Waals surface area contributed by atoms with Gasteiger partial charge in [-0.2, -0.15) is 35.3 Å². The fraction of sp³-hybridized carbons (Fsp3) is 0.143. The minimum absolute atomic E-state index is 0.492. The van der Waals surface area contributed by atoms with Crippen molar-refractivity contribution in [1.82, 2.24) is 0 Å². The maximum absolute atomic E-state index is 5.00. The summed E-state index contributed by atoms with van der Waals surface area (Å²) in [5, 5.41) is 0. The van der Waals surface area contributed by atoms with Gasteiger partial charge in [0, 0.05) is 0 Å². The van der Waals surface area contributed by atoms with Crippen molar-refractivity contribution in [3.05, 3.63) is 59.7 Å². The third kappa shape index (κ3) is 4.11. The molecule has 5 heteroatoms. The van der Waals surface area contributed by atoms with E-state index in [9.17, 15) is 0 Å². The molecule has 0 N–H and O–H groups in total. The monoisotopic (exact) mass is 386 g/mol. The molecule has 19 heavy (non-hydrogen) atoms. The first-order valence-electron chi connectivity index (χ1n) is 6.00. The second-order valence-corrected chi connectivity index (χ2v) is 15.6. The maximum atomic E-state index is 5.00. The van der Waals surface area contributed by atoms with E-state index < -0.39 is 18.2 Å². The Morgan fingerprint density at radius 3 is 2.42 bits per heavy atom. The van der Waals surface area contributed by atoms with Gasteiger partial charge in [0.15, 0.2) is 6.71 Å². The number of halogens is 3. The molecular formula is C14H12BCl3Zr-. The van der Waals surface area contributed by atoms with Gasteiger partial charge in [-0.25, -0.2) is 0 Å². The summed E-state index contributed by atoms with van der Waals surface area (Å²) >= 11 is -2.13. The number of benzene rings is 2. The van der Waals surface area contributed by atoms with Crippen LogP contribution >= 0.6 is 25.5 Å². The van der Waals surface area contributed by atoms with Crippen molar-refractivity contribution in [2.75, 3.05) is 0 Å². The number of fused-ring (bicyclic) bond motifs is 2. The quantitative estimate of drug-likeness (QED) is 0.477. The predicted octanol–water partition coefficient (Wildman–Crippen LogP) is 3.70. The van der Waals surface area contributed by atoms with Crippen molar-refractivity contribution in [2.24, 2.45) is 0 Å². The molecular weight excluding hydrogens is 377 g/mol. The summed E-state index contributed by atoms with van der Waals surface area (Å²) in [5.41, 5.74) is 5.74. The van der Waals surface area contributed by atoms with Gasteiger partial charge in [-0.3, -0.25) is 0 Å². The topological polar surface area (TPSA) is 0 Å². The fourth-order valence-corrected chi connectivity index (χ4v) is 2.52. The second-order valence-electron chi connectivity index (χ2n) is 4.42. The van der Waals surface area contributed by atoms with Crippen molar-refractivity contribution >= 4 is 43.2 Å². The first kappa shape index (κ1) is 15.6. The van der Waals surface area contributed by atoms with Crippen LogP contribution in [0.4, 0.5) is 0 Å². The van der Waals surface area contributed by atoms with Gasteiger partial charge >= 0.3 is 43.7 Å². The molecule has 0 nitrogen and oxygen atoms in total. The van der Waals surface area contributed by atoms with Gasteiger partial charge in [0.25, 0.3) is 0 Å². The standard InChI is InChI=1S/C14H12B.3ClH.Zr/c1-15-13-8-4-2-6-11(13)10-12-7-3-5-9-14(12)15;;;;/h2-8H,10H2,1H3;3*1H;/q-1;;;;+3/p-3. The molecule has 0 unspecified atom stereocenters. The molecule has 97 valence electrons. The van der Waals surface area contributed by atoms with Crippen LogP contribution in [-0.4, -0.2) is 6.71 Å². The zero-order valence-corrected chi connectivity index (χ0v) is 15.2. The summed E-state index contributed by atoms with van der Waals surface area (Å²) in [5.74, 6) is 0. The molecule has 1 aliphatic heterocycles. The van der Waals surface area contributed by atoms with E-state index in [2.05, 4.69) is 49.3 Å². The van der Waals surface area contributed by atoms with E-state index in [0.29, 0.717) is 6.71 Å². The molecule has 0 aliphatic carbocycles. The summed E-state index contributed by atoms with van der Waals surface area (Å²) in [7, 11) is 15.0. The molecule has 0 radical (unpaired) electrons. The number of hydrogen-bond donors (Lipinski definition) is 0. The van der Waals surface area contributed by atoms with Gasteiger partial charge in [0.2, 0.25) is 0 Å². The summed E-state index contributed by atoms with van der Waals surface area (Å²) in [6.07, 6.45) is 1.06. The first-order valence-corrected chi connectivity index (χ1v) is 15.5. The zero-order valence-electron chi connectivity index (χ0n) is 10.5. The average Bonchev–Trinajstić information content (AvgIpc) is 2.38. The molecule has 0 fully saturated rings. The molecule has 0 bridgehead atoms. The molecule has 1 aliphatic rings. The van der Waals surface area contributed by atoms with Crippen molar-refractivity contribution in [3.63, 3.8) is 0 Å². The normalized spacial score (nSPS) is 11.9. The third-order valence-corrected chi connectivity index (χ3v) is 3.31. The molecule has 0 atom stereocenters. The Morgan fingerprint density at radius 2 is 1.68 bits per heavy atom. The van der Waals surface area contributed by atoms with E-state index in [1.807, 2.05) is 6.07 Å². The van der Waals surface area contributed by atoms with Crippen LogP contribution in [0, 0.1) is 6.07 Å².